The number of halogens is 1. The van der Waals surface area contributed by atoms with E-state index in [1.807, 2.05) is 32.0 Å². The van der Waals surface area contributed by atoms with Gasteiger partial charge in [-0.25, -0.2) is 23.7 Å². The summed E-state index contributed by atoms with van der Waals surface area (Å²) in [4.78, 5) is 69.2. The number of nitrogens with one attached hydrogen (secondary N) is 1. The van der Waals surface area contributed by atoms with E-state index in [2.05, 4.69) is 15.5 Å². The Bertz CT molecular complexity index is 2280. The highest BCUT2D eigenvalue weighted by Gasteiger charge is 2.38. The molecule has 0 spiro atoms. The van der Waals surface area contributed by atoms with Gasteiger partial charge in [0.15, 0.2) is 0 Å². The number of carbonyl (C=O) groups is 3. The zero-order chi connectivity index (χ0) is 39.2. The average molecular weight is 753 g/mol. The second-order valence-electron chi connectivity index (χ2n) is 13.9. The number of azo groups is 1. The number of piperazine rings is 1. The molecule has 2 fully saturated rings. The molecule has 2 aliphatic rings. The van der Waals surface area contributed by atoms with E-state index in [-0.39, 0.29) is 60.9 Å². The maximum Gasteiger partial charge on any atom is 0.332 e. The Morgan fingerprint density at radius 2 is 1.80 bits per heavy atom. The maximum atomic E-state index is 14.3. The monoisotopic (exact) mass is 752 g/mol. The second-order valence-corrected chi connectivity index (χ2v) is 13.9. The van der Waals surface area contributed by atoms with Crippen molar-refractivity contribution in [3.05, 3.63) is 105 Å². The molecule has 2 heterocycles. The second kappa shape index (κ2) is 17.0. The molecule has 286 valence electrons. The Hall–Kier alpha value is -6.05. The van der Waals surface area contributed by atoms with Crippen LogP contribution in [0.5, 0.6) is 0 Å². The number of anilines is 1. The van der Waals surface area contributed by atoms with Crippen LogP contribution in [0, 0.1) is 23.1 Å². The van der Waals surface area contributed by atoms with E-state index in [0.717, 1.165) is 24.5 Å². The number of ether oxygens (including phenoxy) is 2. The molecule has 2 unspecified atom stereocenters. The summed E-state index contributed by atoms with van der Waals surface area (Å²) in [6.07, 6.45) is 0.605. The molecule has 1 aliphatic carbocycles. The first-order valence-electron chi connectivity index (χ1n) is 18.0. The molecular formula is C39H41FN8O7. The molecule has 55 heavy (non-hydrogen) atoms. The predicted molar refractivity (Wildman–Crippen MR) is 199 cm³/mol. The lowest BCUT2D eigenvalue weighted by Crippen LogP contribution is -2.60. The van der Waals surface area contributed by atoms with Crippen molar-refractivity contribution in [1.82, 2.24) is 18.9 Å². The van der Waals surface area contributed by atoms with Gasteiger partial charge in [0.1, 0.15) is 30.9 Å². The fourth-order valence-electron chi connectivity index (χ4n) is 6.38. The minimum Gasteiger partial charge on any atom is -0.459 e. The summed E-state index contributed by atoms with van der Waals surface area (Å²) in [5, 5.41) is 20.5. The van der Waals surface area contributed by atoms with Gasteiger partial charge in [-0.1, -0.05) is 30.3 Å². The van der Waals surface area contributed by atoms with E-state index in [1.165, 1.54) is 28.5 Å². The molecule has 0 bridgehead atoms. The summed E-state index contributed by atoms with van der Waals surface area (Å²) < 4.78 is 28.4. The first-order chi connectivity index (χ1) is 26.4. The normalized spacial score (nSPS) is 16.7. The van der Waals surface area contributed by atoms with E-state index < -0.39 is 42.4 Å². The molecule has 4 aromatic rings. The van der Waals surface area contributed by atoms with Crippen molar-refractivity contribution in [2.24, 2.45) is 16.1 Å². The summed E-state index contributed by atoms with van der Waals surface area (Å²) in [5.74, 6) is -1.54. The Morgan fingerprint density at radius 3 is 2.47 bits per heavy atom. The molecule has 16 heteroatoms. The van der Waals surface area contributed by atoms with Crippen molar-refractivity contribution in [3.63, 3.8) is 0 Å². The van der Waals surface area contributed by atoms with E-state index >= 15 is 0 Å². The molecule has 2 atom stereocenters. The number of esters is 1. The number of carbonyl (C=O) groups excluding carboxylic acids is 3. The third kappa shape index (κ3) is 9.19. The minimum absolute atomic E-state index is 0.00873. The van der Waals surface area contributed by atoms with Crippen LogP contribution in [0.3, 0.4) is 0 Å². The van der Waals surface area contributed by atoms with Gasteiger partial charge in [-0.05, 0) is 75.4 Å². The number of nitrogens with zero attached hydrogens (tertiary/aromatic N) is 7. The maximum absolute atomic E-state index is 14.3. The number of urea groups is 1. The number of rotatable bonds is 13. The number of ketones is 1. The van der Waals surface area contributed by atoms with Gasteiger partial charge >= 0.3 is 17.7 Å². The molecule has 2 amide bonds. The van der Waals surface area contributed by atoms with Gasteiger partial charge in [-0.3, -0.25) is 18.7 Å². The molecule has 3 aromatic carbocycles. The fourth-order valence-corrected chi connectivity index (χ4v) is 6.38. The number of amides is 2. The highest BCUT2D eigenvalue weighted by atomic mass is 19.1. The lowest BCUT2D eigenvalue weighted by Gasteiger charge is -2.41. The Balaban J connectivity index is 1.19. The Morgan fingerprint density at radius 1 is 1.04 bits per heavy atom. The standard InChI is InChI=1S/C39H41FN8O7/c1-24(2)48-33-14-13-29(17-31(33)36(51)47(39(48)53)20-26-9-10-26)42-37(52)45-15-16-46(34(21-45)25(3)49)38(44-43-30-12-11-28(19-41)32(40)18-30)55-23-35(50)54-22-27-7-5-4-6-8-27/h4-8,11-14,17-18,24,26,34,38H,9-10,15-16,20-23H2,1-3H3,(H,42,52)/b44-43+. The number of nitriles is 1. The van der Waals surface area contributed by atoms with E-state index in [1.54, 1.807) is 45.9 Å². The van der Waals surface area contributed by atoms with Gasteiger partial charge in [-0.15, -0.1) is 5.11 Å². The smallest absolute Gasteiger partial charge is 0.332 e. The molecule has 0 radical (unpaired) electrons. The van der Waals surface area contributed by atoms with E-state index in [4.69, 9.17) is 14.7 Å². The molecular weight excluding hydrogens is 711 g/mol. The van der Waals surface area contributed by atoms with Crippen LogP contribution in [-0.4, -0.2) is 75.4 Å². The molecule has 6 rings (SSSR count). The summed E-state index contributed by atoms with van der Waals surface area (Å²) >= 11 is 0. The van der Waals surface area contributed by atoms with Crippen LogP contribution < -0.4 is 16.6 Å². The van der Waals surface area contributed by atoms with Gasteiger partial charge in [0.2, 0.25) is 6.35 Å². The van der Waals surface area contributed by atoms with Crippen molar-refractivity contribution in [2.45, 2.75) is 65.2 Å². The zero-order valence-electron chi connectivity index (χ0n) is 30.7. The van der Waals surface area contributed by atoms with Crippen LogP contribution in [0.25, 0.3) is 10.9 Å². The first-order valence-corrected chi connectivity index (χ1v) is 18.0. The van der Waals surface area contributed by atoms with Crippen molar-refractivity contribution in [2.75, 3.05) is 31.6 Å². The largest absolute Gasteiger partial charge is 0.459 e. The van der Waals surface area contributed by atoms with E-state index in [9.17, 15) is 28.4 Å². The molecule has 1 aliphatic heterocycles. The fraction of sp³-hybridized carbons (Fsp3) is 0.385. The van der Waals surface area contributed by atoms with Crippen molar-refractivity contribution < 1.29 is 28.2 Å². The van der Waals surface area contributed by atoms with Crippen LogP contribution in [-0.2, 0) is 32.2 Å². The van der Waals surface area contributed by atoms with Crippen LogP contribution in [0.4, 0.5) is 20.6 Å². The number of aromatic nitrogens is 2. The lowest BCUT2D eigenvalue weighted by molar-refractivity contribution is -0.161. The highest BCUT2D eigenvalue weighted by Crippen LogP contribution is 2.30. The number of Topliss-reactive ketones (excluding diaryl/α,β-unsaturated/α-hetero) is 1. The summed E-state index contributed by atoms with van der Waals surface area (Å²) in [5.41, 5.74) is 0.678. The van der Waals surface area contributed by atoms with Crippen molar-refractivity contribution in [3.8, 4) is 6.07 Å². The van der Waals surface area contributed by atoms with Crippen molar-refractivity contribution in [1.29, 1.82) is 5.26 Å². The molecule has 15 nitrogen and oxygen atoms in total. The third-order valence-electron chi connectivity index (χ3n) is 9.47. The quantitative estimate of drug-likeness (QED) is 0.144. The molecule has 1 saturated heterocycles. The van der Waals surface area contributed by atoms with Crippen LogP contribution >= 0.6 is 0 Å². The number of benzene rings is 3. The van der Waals surface area contributed by atoms with Crippen molar-refractivity contribution >= 4 is 40.1 Å². The molecule has 1 N–H and O–H groups in total. The zero-order valence-corrected chi connectivity index (χ0v) is 30.7. The van der Waals surface area contributed by atoms with Gasteiger partial charge in [0, 0.05) is 44.0 Å². The van der Waals surface area contributed by atoms with Gasteiger partial charge in [0.05, 0.1) is 28.2 Å². The van der Waals surface area contributed by atoms with Gasteiger partial charge in [-0.2, -0.15) is 10.4 Å². The average Bonchev–Trinajstić information content (AvgIpc) is 4.00. The summed E-state index contributed by atoms with van der Waals surface area (Å²) in [6, 6.07) is 17.6. The Labute approximate surface area is 315 Å². The predicted octanol–water partition coefficient (Wildman–Crippen LogP) is 5.10. The van der Waals surface area contributed by atoms with Gasteiger partial charge in [0.25, 0.3) is 5.56 Å². The number of fused-ring (bicyclic) bond motifs is 1. The van der Waals surface area contributed by atoms with Crippen LogP contribution in [0.15, 0.2) is 86.5 Å². The van der Waals surface area contributed by atoms with Gasteiger partial charge < -0.3 is 19.7 Å². The summed E-state index contributed by atoms with van der Waals surface area (Å²) in [6.45, 7) is 4.96. The SMILES string of the molecule is CC(=O)C1CN(C(=O)Nc2ccc3c(c2)c(=O)n(CC2CC2)c(=O)n3C(C)C)CCN1C(/N=N/c1ccc(C#N)c(F)c1)OCC(=O)OCc1ccccc1. The number of hydrogen-bond donors (Lipinski definition) is 1. The number of hydrogen-bond acceptors (Lipinski definition) is 11. The molecule has 1 saturated carbocycles. The van der Waals surface area contributed by atoms with Crippen LogP contribution in [0.2, 0.25) is 0 Å². The topological polar surface area (TPSA) is 181 Å². The molecule has 1 aromatic heterocycles. The summed E-state index contributed by atoms with van der Waals surface area (Å²) in [7, 11) is 0. The minimum atomic E-state index is -1.32. The first kappa shape index (κ1) is 38.7. The lowest BCUT2D eigenvalue weighted by atomic mass is 10.1. The third-order valence-corrected chi connectivity index (χ3v) is 9.47. The highest BCUT2D eigenvalue weighted by molar-refractivity contribution is 5.93. The van der Waals surface area contributed by atoms with E-state index in [0.29, 0.717) is 23.1 Å². The Kier molecular flexibility index (Phi) is 11.9. The van der Waals surface area contributed by atoms with Crippen LogP contribution in [0.1, 0.15) is 50.8 Å².